The van der Waals surface area contributed by atoms with E-state index in [9.17, 15) is 18.0 Å². The molecule has 2 aromatic heterocycles. The first-order valence-electron chi connectivity index (χ1n) is 8.64. The van der Waals surface area contributed by atoms with Crippen LogP contribution in [0.2, 0.25) is 5.02 Å². The number of halogens is 5. The van der Waals surface area contributed by atoms with E-state index >= 15 is 0 Å². The van der Waals surface area contributed by atoms with Gasteiger partial charge in [0.15, 0.2) is 12.4 Å². The van der Waals surface area contributed by atoms with E-state index in [4.69, 9.17) is 16.3 Å². The van der Waals surface area contributed by atoms with Gasteiger partial charge in [0, 0.05) is 11.4 Å². The van der Waals surface area contributed by atoms with Crippen molar-refractivity contribution >= 4 is 39.1 Å². The molecule has 0 atom stereocenters. The number of aryl methyl sites for hydroxylation is 1. The summed E-state index contributed by atoms with van der Waals surface area (Å²) in [6.07, 6.45) is -1.62. The molecule has 1 aromatic carbocycles. The molecule has 3 aromatic rings. The molecule has 1 amide bonds. The zero-order valence-corrected chi connectivity index (χ0v) is 17.9. The molecule has 7 nitrogen and oxygen atoms in total. The van der Waals surface area contributed by atoms with Crippen LogP contribution in [0.25, 0.3) is 0 Å². The third-order valence-corrected chi connectivity index (χ3v) is 5.21. The molecule has 0 fully saturated rings. The van der Waals surface area contributed by atoms with Gasteiger partial charge in [0.05, 0.1) is 34.8 Å². The monoisotopic (exact) mass is 505 g/mol. The molecule has 1 N–H and O–H groups in total. The summed E-state index contributed by atoms with van der Waals surface area (Å²) < 4.78 is 46.8. The summed E-state index contributed by atoms with van der Waals surface area (Å²) in [6.45, 7) is 1.60. The highest BCUT2D eigenvalue weighted by atomic mass is 79.9. The van der Waals surface area contributed by atoms with Crippen LogP contribution in [-0.4, -0.2) is 25.5 Å². The lowest BCUT2D eigenvalue weighted by atomic mass is 10.3. The molecule has 30 heavy (non-hydrogen) atoms. The lowest BCUT2D eigenvalue weighted by Gasteiger charge is -2.06. The number of ether oxygens (including phenoxy) is 1. The molecule has 0 aliphatic rings. The van der Waals surface area contributed by atoms with Gasteiger partial charge in [-0.15, -0.1) is 0 Å². The van der Waals surface area contributed by atoms with Crippen LogP contribution < -0.4 is 10.1 Å². The van der Waals surface area contributed by atoms with E-state index in [1.807, 2.05) is 0 Å². The van der Waals surface area contributed by atoms with Crippen molar-refractivity contribution in [2.24, 2.45) is 0 Å². The van der Waals surface area contributed by atoms with Gasteiger partial charge in [-0.3, -0.25) is 9.48 Å². The molecule has 0 saturated heterocycles. The first-order valence-corrected chi connectivity index (χ1v) is 9.81. The van der Waals surface area contributed by atoms with E-state index in [0.717, 1.165) is 4.68 Å². The number of alkyl halides is 3. The Labute approximate surface area is 182 Å². The number of nitrogens with zero attached hydrogens (tertiary/aromatic N) is 4. The van der Waals surface area contributed by atoms with Crippen LogP contribution in [-0.2, 0) is 24.2 Å². The standard InChI is InChI=1S/C18H16BrClF3N5O2/c1-11-16(19)17(18(21,22)23)26-28(11)6-5-15(29)25-13-8-24-27(9-13)10-30-14-4-2-3-12(20)7-14/h2-4,7-9H,5-6,10H2,1H3,(H,25,29). The molecule has 0 radical (unpaired) electrons. The Morgan fingerprint density at radius 2 is 2.13 bits per heavy atom. The smallest absolute Gasteiger partial charge is 0.436 e. The summed E-state index contributed by atoms with van der Waals surface area (Å²) in [6, 6.07) is 6.89. The largest absolute Gasteiger partial charge is 0.471 e. The summed E-state index contributed by atoms with van der Waals surface area (Å²) in [5.74, 6) is 0.187. The second-order valence-electron chi connectivity index (χ2n) is 6.27. The van der Waals surface area contributed by atoms with Gasteiger partial charge in [0.25, 0.3) is 0 Å². The predicted octanol–water partition coefficient (Wildman–Crippen LogP) is 4.89. The molecule has 0 saturated carbocycles. The molecule has 160 valence electrons. The zero-order chi connectivity index (χ0) is 21.9. The van der Waals surface area contributed by atoms with Crippen LogP contribution in [0.4, 0.5) is 18.9 Å². The minimum atomic E-state index is -4.57. The SMILES string of the molecule is Cc1c(Br)c(C(F)(F)F)nn1CCC(=O)Nc1cnn(COc2cccc(Cl)c2)c1. The maximum absolute atomic E-state index is 12.9. The molecule has 0 unspecified atom stereocenters. The molecule has 2 heterocycles. The average Bonchev–Trinajstić information content (AvgIpc) is 3.23. The van der Waals surface area contributed by atoms with Crippen molar-refractivity contribution in [3.8, 4) is 5.75 Å². The summed E-state index contributed by atoms with van der Waals surface area (Å²) in [5, 5.41) is 10.8. The van der Waals surface area contributed by atoms with Gasteiger partial charge >= 0.3 is 6.18 Å². The van der Waals surface area contributed by atoms with Gasteiger partial charge in [-0.05, 0) is 41.1 Å². The number of carbonyl (C=O) groups is 1. The minimum Gasteiger partial charge on any atom is -0.471 e. The number of hydrogen-bond acceptors (Lipinski definition) is 4. The Balaban J connectivity index is 1.52. The number of anilines is 1. The number of hydrogen-bond donors (Lipinski definition) is 1. The fourth-order valence-corrected chi connectivity index (χ4v) is 3.24. The maximum atomic E-state index is 12.9. The van der Waals surface area contributed by atoms with E-state index in [-0.39, 0.29) is 30.1 Å². The first kappa shape index (κ1) is 22.2. The normalized spacial score (nSPS) is 11.5. The molecule has 0 aliphatic heterocycles. The quantitative estimate of drug-likeness (QED) is 0.495. The minimum absolute atomic E-state index is 0.00163. The number of amides is 1. The number of benzene rings is 1. The summed E-state index contributed by atoms with van der Waals surface area (Å²) >= 11 is 8.79. The Bertz CT molecular complexity index is 1050. The Morgan fingerprint density at radius 1 is 1.37 bits per heavy atom. The molecule has 12 heteroatoms. The Hall–Kier alpha value is -2.53. The summed E-state index contributed by atoms with van der Waals surface area (Å²) in [7, 11) is 0. The van der Waals surface area contributed by atoms with Crippen LogP contribution in [0, 0.1) is 6.92 Å². The van der Waals surface area contributed by atoms with Crippen molar-refractivity contribution in [2.45, 2.75) is 32.8 Å². The van der Waals surface area contributed by atoms with Crippen LogP contribution in [0.15, 0.2) is 41.1 Å². The molecule has 0 bridgehead atoms. The number of aromatic nitrogens is 4. The zero-order valence-electron chi connectivity index (χ0n) is 15.6. The highest BCUT2D eigenvalue weighted by Crippen LogP contribution is 2.35. The van der Waals surface area contributed by atoms with Crippen LogP contribution >= 0.6 is 27.5 Å². The lowest BCUT2D eigenvalue weighted by Crippen LogP contribution is -2.16. The van der Waals surface area contributed by atoms with Crippen molar-refractivity contribution in [1.82, 2.24) is 19.6 Å². The molecular weight excluding hydrogens is 491 g/mol. The lowest BCUT2D eigenvalue weighted by molar-refractivity contribution is -0.142. The third kappa shape index (κ3) is 5.54. The molecule has 0 aliphatic carbocycles. The average molecular weight is 507 g/mol. The van der Waals surface area contributed by atoms with E-state index in [2.05, 4.69) is 31.4 Å². The fourth-order valence-electron chi connectivity index (χ4n) is 2.55. The summed E-state index contributed by atoms with van der Waals surface area (Å²) in [5.41, 5.74) is -0.286. The van der Waals surface area contributed by atoms with E-state index in [0.29, 0.717) is 22.2 Å². The molecular formula is C18H16BrClF3N5O2. The van der Waals surface area contributed by atoms with Crippen molar-refractivity contribution in [3.63, 3.8) is 0 Å². The van der Waals surface area contributed by atoms with Crippen molar-refractivity contribution < 1.29 is 22.7 Å². The topological polar surface area (TPSA) is 74.0 Å². The van der Waals surface area contributed by atoms with Crippen LogP contribution in [0.3, 0.4) is 0 Å². The van der Waals surface area contributed by atoms with Crippen LogP contribution in [0.1, 0.15) is 17.8 Å². The van der Waals surface area contributed by atoms with Gasteiger partial charge in [-0.1, -0.05) is 17.7 Å². The first-order chi connectivity index (χ1) is 14.1. The van der Waals surface area contributed by atoms with E-state index in [1.54, 1.807) is 30.5 Å². The van der Waals surface area contributed by atoms with Crippen molar-refractivity contribution in [2.75, 3.05) is 5.32 Å². The van der Waals surface area contributed by atoms with Gasteiger partial charge in [0.2, 0.25) is 5.91 Å². The predicted molar refractivity (Wildman–Crippen MR) is 107 cm³/mol. The molecule has 0 spiro atoms. The summed E-state index contributed by atoms with van der Waals surface area (Å²) in [4.78, 5) is 12.1. The Morgan fingerprint density at radius 3 is 2.80 bits per heavy atom. The van der Waals surface area contributed by atoms with Gasteiger partial charge in [-0.25, -0.2) is 4.68 Å². The third-order valence-electron chi connectivity index (χ3n) is 4.03. The second-order valence-corrected chi connectivity index (χ2v) is 7.50. The van der Waals surface area contributed by atoms with Gasteiger partial charge in [0.1, 0.15) is 5.75 Å². The number of carbonyl (C=O) groups excluding carboxylic acids is 1. The van der Waals surface area contributed by atoms with Crippen LogP contribution in [0.5, 0.6) is 5.75 Å². The van der Waals surface area contributed by atoms with Gasteiger partial charge < -0.3 is 10.1 Å². The highest BCUT2D eigenvalue weighted by molar-refractivity contribution is 9.10. The second kappa shape index (κ2) is 9.09. The highest BCUT2D eigenvalue weighted by Gasteiger charge is 2.37. The van der Waals surface area contributed by atoms with Gasteiger partial charge in [-0.2, -0.15) is 23.4 Å². The van der Waals surface area contributed by atoms with Crippen molar-refractivity contribution in [1.29, 1.82) is 0 Å². The number of rotatable bonds is 7. The number of nitrogens with one attached hydrogen (secondary N) is 1. The molecule has 3 rings (SSSR count). The van der Waals surface area contributed by atoms with Crippen molar-refractivity contribution in [3.05, 3.63) is 57.5 Å². The maximum Gasteiger partial charge on any atom is 0.436 e. The fraction of sp³-hybridized carbons (Fsp3) is 0.278. The Kier molecular flexibility index (Phi) is 6.71. The van der Waals surface area contributed by atoms with E-state index < -0.39 is 11.9 Å². The van der Waals surface area contributed by atoms with E-state index in [1.165, 1.54) is 17.8 Å².